The molecule has 2 heterocycles. The molecule has 2 aliphatic rings. The van der Waals surface area contributed by atoms with E-state index in [4.69, 9.17) is 4.74 Å². The van der Waals surface area contributed by atoms with E-state index in [9.17, 15) is 0 Å². The summed E-state index contributed by atoms with van der Waals surface area (Å²) in [5.74, 6) is 0. The Morgan fingerprint density at radius 2 is 2.11 bits per heavy atom. The molecule has 0 radical (unpaired) electrons. The molecule has 3 heteroatoms. The summed E-state index contributed by atoms with van der Waals surface area (Å²) < 4.78 is 5.80. The van der Waals surface area contributed by atoms with E-state index in [-0.39, 0.29) is 5.54 Å². The minimum absolute atomic E-state index is 0.204. The highest BCUT2D eigenvalue weighted by atomic mass is 16.5. The van der Waals surface area contributed by atoms with Crippen LogP contribution in [0.4, 0.5) is 0 Å². The van der Waals surface area contributed by atoms with Crippen LogP contribution in [-0.4, -0.2) is 42.8 Å². The van der Waals surface area contributed by atoms with Gasteiger partial charge in [-0.1, -0.05) is 30.3 Å². The summed E-state index contributed by atoms with van der Waals surface area (Å²) in [6.45, 7) is 8.73. The van der Waals surface area contributed by atoms with Crippen LogP contribution in [-0.2, 0) is 4.74 Å². The van der Waals surface area contributed by atoms with Crippen molar-refractivity contribution in [3.05, 3.63) is 35.9 Å². The van der Waals surface area contributed by atoms with Crippen LogP contribution in [0.5, 0.6) is 0 Å². The van der Waals surface area contributed by atoms with Crippen molar-refractivity contribution in [2.24, 2.45) is 0 Å². The highest BCUT2D eigenvalue weighted by Gasteiger charge is 2.43. The number of piperazine rings is 1. The summed E-state index contributed by atoms with van der Waals surface area (Å²) in [6, 6.07) is 11.2. The highest BCUT2D eigenvalue weighted by Crippen LogP contribution is 2.34. The summed E-state index contributed by atoms with van der Waals surface area (Å²) in [5.41, 5.74) is 1.59. The molecule has 0 aromatic heterocycles. The predicted molar refractivity (Wildman–Crippen MR) is 77.2 cm³/mol. The Kier molecular flexibility index (Phi) is 3.61. The lowest BCUT2D eigenvalue weighted by Gasteiger charge is -2.45. The predicted octanol–water partition coefficient (Wildman–Crippen LogP) is 2.20. The zero-order valence-corrected chi connectivity index (χ0v) is 11.9. The number of nitrogens with one attached hydrogen (secondary N) is 1. The van der Waals surface area contributed by atoms with E-state index >= 15 is 0 Å². The van der Waals surface area contributed by atoms with Crippen LogP contribution >= 0.6 is 0 Å². The average Bonchev–Trinajstić information content (AvgIpc) is 2.81. The van der Waals surface area contributed by atoms with Gasteiger partial charge in [-0.15, -0.1) is 0 Å². The fourth-order valence-electron chi connectivity index (χ4n) is 3.36. The summed E-state index contributed by atoms with van der Waals surface area (Å²) in [6.07, 6.45) is 1.48. The van der Waals surface area contributed by atoms with Crippen molar-refractivity contribution >= 4 is 0 Å². The SMILES string of the molecule is CC1OCCC1(C)N1CCNC(c2ccccc2)C1. The molecular formula is C16H24N2O. The first-order chi connectivity index (χ1) is 9.20. The van der Waals surface area contributed by atoms with Crippen molar-refractivity contribution in [1.29, 1.82) is 0 Å². The van der Waals surface area contributed by atoms with Gasteiger partial charge in [0.25, 0.3) is 0 Å². The molecule has 3 nitrogen and oxygen atoms in total. The third-order valence-corrected chi connectivity index (χ3v) is 4.95. The molecule has 3 rings (SSSR count). The van der Waals surface area contributed by atoms with E-state index in [2.05, 4.69) is 54.4 Å². The van der Waals surface area contributed by atoms with Crippen molar-refractivity contribution in [3.63, 3.8) is 0 Å². The molecule has 0 bridgehead atoms. The molecule has 1 aromatic rings. The Labute approximate surface area is 115 Å². The molecular weight excluding hydrogens is 236 g/mol. The second-order valence-electron chi connectivity index (χ2n) is 5.98. The van der Waals surface area contributed by atoms with Gasteiger partial charge in [0.05, 0.1) is 6.10 Å². The quantitative estimate of drug-likeness (QED) is 0.882. The van der Waals surface area contributed by atoms with Crippen LogP contribution < -0.4 is 5.32 Å². The first-order valence-corrected chi connectivity index (χ1v) is 7.35. The van der Waals surface area contributed by atoms with Gasteiger partial charge in [0.15, 0.2) is 0 Å². The Bertz CT molecular complexity index is 422. The smallest absolute Gasteiger partial charge is 0.0728 e. The Morgan fingerprint density at radius 3 is 2.79 bits per heavy atom. The maximum Gasteiger partial charge on any atom is 0.0728 e. The molecule has 0 aliphatic carbocycles. The van der Waals surface area contributed by atoms with Crippen molar-refractivity contribution in [2.45, 2.75) is 38.0 Å². The first-order valence-electron chi connectivity index (χ1n) is 7.35. The van der Waals surface area contributed by atoms with E-state index in [1.165, 1.54) is 5.56 Å². The Balaban J connectivity index is 1.75. The zero-order valence-electron chi connectivity index (χ0n) is 11.9. The van der Waals surface area contributed by atoms with Crippen LogP contribution in [0, 0.1) is 0 Å². The van der Waals surface area contributed by atoms with Gasteiger partial charge in [-0.2, -0.15) is 0 Å². The number of hydrogen-bond donors (Lipinski definition) is 1. The third-order valence-electron chi connectivity index (χ3n) is 4.95. The monoisotopic (exact) mass is 260 g/mol. The van der Waals surface area contributed by atoms with Crippen LogP contribution in [0.15, 0.2) is 30.3 Å². The van der Waals surface area contributed by atoms with Gasteiger partial charge in [-0.05, 0) is 25.8 Å². The Morgan fingerprint density at radius 1 is 1.32 bits per heavy atom. The molecule has 2 saturated heterocycles. The lowest BCUT2D eigenvalue weighted by Crippen LogP contribution is -2.58. The molecule has 0 saturated carbocycles. The lowest BCUT2D eigenvalue weighted by molar-refractivity contribution is 0.00508. The van der Waals surface area contributed by atoms with Crippen molar-refractivity contribution in [3.8, 4) is 0 Å². The van der Waals surface area contributed by atoms with Crippen LogP contribution in [0.2, 0.25) is 0 Å². The minimum atomic E-state index is 0.204. The topological polar surface area (TPSA) is 24.5 Å². The van der Waals surface area contributed by atoms with Crippen LogP contribution in [0.25, 0.3) is 0 Å². The first kappa shape index (κ1) is 13.1. The maximum absolute atomic E-state index is 5.80. The molecule has 1 N–H and O–H groups in total. The standard InChI is InChI=1S/C16H24N2O/c1-13-16(2,8-11-19-13)18-10-9-17-15(12-18)14-6-4-3-5-7-14/h3-7,13,15,17H,8-12H2,1-2H3. The largest absolute Gasteiger partial charge is 0.377 e. The summed E-state index contributed by atoms with van der Waals surface area (Å²) >= 11 is 0. The molecule has 3 atom stereocenters. The molecule has 3 unspecified atom stereocenters. The summed E-state index contributed by atoms with van der Waals surface area (Å²) in [7, 11) is 0. The van der Waals surface area contributed by atoms with E-state index in [0.29, 0.717) is 12.1 Å². The molecule has 2 aliphatic heterocycles. The third kappa shape index (κ3) is 2.42. The fraction of sp³-hybridized carbons (Fsp3) is 0.625. The number of benzene rings is 1. The number of rotatable bonds is 2. The lowest BCUT2D eigenvalue weighted by atomic mass is 9.90. The van der Waals surface area contributed by atoms with Crippen LogP contribution in [0.1, 0.15) is 31.9 Å². The minimum Gasteiger partial charge on any atom is -0.377 e. The molecule has 0 spiro atoms. The molecule has 104 valence electrons. The van der Waals surface area contributed by atoms with Crippen LogP contribution in [0.3, 0.4) is 0 Å². The average molecular weight is 260 g/mol. The van der Waals surface area contributed by atoms with Gasteiger partial charge in [0.2, 0.25) is 0 Å². The summed E-state index contributed by atoms with van der Waals surface area (Å²) in [4.78, 5) is 2.62. The number of ether oxygens (including phenoxy) is 1. The second-order valence-corrected chi connectivity index (χ2v) is 5.98. The molecule has 19 heavy (non-hydrogen) atoms. The molecule has 2 fully saturated rings. The summed E-state index contributed by atoms with van der Waals surface area (Å²) in [5, 5.41) is 3.64. The van der Waals surface area contributed by atoms with Crippen molar-refractivity contribution in [2.75, 3.05) is 26.2 Å². The molecule has 0 amide bonds. The number of hydrogen-bond acceptors (Lipinski definition) is 3. The molecule has 1 aromatic carbocycles. The maximum atomic E-state index is 5.80. The highest BCUT2D eigenvalue weighted by molar-refractivity contribution is 5.20. The van der Waals surface area contributed by atoms with E-state index in [0.717, 1.165) is 32.7 Å². The van der Waals surface area contributed by atoms with Gasteiger partial charge in [-0.25, -0.2) is 0 Å². The second kappa shape index (κ2) is 5.23. The number of nitrogens with zero attached hydrogens (tertiary/aromatic N) is 1. The fourth-order valence-corrected chi connectivity index (χ4v) is 3.36. The van der Waals surface area contributed by atoms with E-state index < -0.39 is 0 Å². The van der Waals surface area contributed by atoms with Gasteiger partial charge < -0.3 is 10.1 Å². The van der Waals surface area contributed by atoms with Gasteiger partial charge in [-0.3, -0.25) is 4.90 Å². The van der Waals surface area contributed by atoms with Crippen molar-refractivity contribution < 1.29 is 4.74 Å². The van der Waals surface area contributed by atoms with Gasteiger partial charge in [0.1, 0.15) is 0 Å². The zero-order chi connectivity index (χ0) is 13.3. The normalized spacial score (nSPS) is 36.5. The van der Waals surface area contributed by atoms with Gasteiger partial charge in [0, 0.05) is 37.8 Å². The van der Waals surface area contributed by atoms with Crippen molar-refractivity contribution in [1.82, 2.24) is 10.2 Å². The van der Waals surface area contributed by atoms with E-state index in [1.54, 1.807) is 0 Å². The van der Waals surface area contributed by atoms with E-state index in [1.807, 2.05) is 0 Å². The Hall–Kier alpha value is -0.900. The van der Waals surface area contributed by atoms with Gasteiger partial charge >= 0.3 is 0 Å².